The smallest absolute Gasteiger partial charge is 0.160 e. The standard InChI is InChI=1S/C9H7BrN2OS/c10-9-12-8(7(5-13)14-9)6-1-3-11-4-2-6/h1-4,13H,5H2. The Hall–Kier alpha value is -0.780. The molecule has 0 fully saturated rings. The SMILES string of the molecule is OCc1sc(Br)nc1-c1ccncc1. The number of rotatable bonds is 2. The lowest BCUT2D eigenvalue weighted by molar-refractivity contribution is 0.286. The summed E-state index contributed by atoms with van der Waals surface area (Å²) in [6.07, 6.45) is 3.42. The van der Waals surface area contributed by atoms with Gasteiger partial charge in [-0.3, -0.25) is 4.98 Å². The third-order valence-electron chi connectivity index (χ3n) is 1.77. The fourth-order valence-electron chi connectivity index (χ4n) is 1.17. The van der Waals surface area contributed by atoms with Gasteiger partial charge in [0, 0.05) is 18.0 Å². The lowest BCUT2D eigenvalue weighted by Crippen LogP contribution is -1.84. The molecule has 0 saturated carbocycles. The van der Waals surface area contributed by atoms with Gasteiger partial charge in [-0.15, -0.1) is 11.3 Å². The molecule has 0 aliphatic carbocycles. The summed E-state index contributed by atoms with van der Waals surface area (Å²) in [6.45, 7) is 0.0148. The van der Waals surface area contributed by atoms with E-state index in [1.54, 1.807) is 12.4 Å². The van der Waals surface area contributed by atoms with Crippen molar-refractivity contribution in [3.63, 3.8) is 0 Å². The number of halogens is 1. The second-order valence-corrected chi connectivity index (χ2v) is 4.99. The van der Waals surface area contributed by atoms with Crippen LogP contribution in [-0.4, -0.2) is 15.1 Å². The van der Waals surface area contributed by atoms with Gasteiger partial charge < -0.3 is 5.11 Å². The van der Waals surface area contributed by atoms with Crippen LogP contribution in [0.25, 0.3) is 11.3 Å². The van der Waals surface area contributed by atoms with Gasteiger partial charge in [0.25, 0.3) is 0 Å². The Morgan fingerprint density at radius 2 is 2.07 bits per heavy atom. The highest BCUT2D eigenvalue weighted by Crippen LogP contribution is 2.30. The fraction of sp³-hybridized carbons (Fsp3) is 0.111. The Kier molecular flexibility index (Phi) is 2.90. The molecule has 72 valence electrons. The van der Waals surface area contributed by atoms with Gasteiger partial charge in [0.1, 0.15) is 0 Å². The number of aliphatic hydroxyl groups excluding tert-OH is 1. The van der Waals surface area contributed by atoms with E-state index in [4.69, 9.17) is 5.11 Å². The van der Waals surface area contributed by atoms with E-state index in [0.29, 0.717) is 0 Å². The van der Waals surface area contributed by atoms with E-state index in [1.165, 1.54) is 11.3 Å². The first-order chi connectivity index (χ1) is 6.81. The van der Waals surface area contributed by atoms with Gasteiger partial charge >= 0.3 is 0 Å². The predicted octanol–water partition coefficient (Wildman–Crippen LogP) is 2.46. The molecule has 0 atom stereocenters. The van der Waals surface area contributed by atoms with Crippen molar-refractivity contribution in [2.24, 2.45) is 0 Å². The molecule has 0 spiro atoms. The maximum Gasteiger partial charge on any atom is 0.160 e. The fourth-order valence-corrected chi connectivity index (χ4v) is 2.59. The van der Waals surface area contributed by atoms with Gasteiger partial charge in [-0.25, -0.2) is 4.98 Å². The van der Waals surface area contributed by atoms with Crippen LogP contribution in [0.5, 0.6) is 0 Å². The third kappa shape index (κ3) is 1.84. The molecule has 5 heteroatoms. The summed E-state index contributed by atoms with van der Waals surface area (Å²) in [5.41, 5.74) is 1.80. The minimum Gasteiger partial charge on any atom is -0.391 e. The summed E-state index contributed by atoms with van der Waals surface area (Å²) in [7, 11) is 0. The Morgan fingerprint density at radius 3 is 2.71 bits per heavy atom. The molecule has 2 aromatic rings. The van der Waals surface area contributed by atoms with Crippen LogP contribution in [0.15, 0.2) is 28.4 Å². The molecule has 0 radical (unpaired) electrons. The van der Waals surface area contributed by atoms with Crippen LogP contribution in [-0.2, 0) is 6.61 Å². The molecule has 0 aromatic carbocycles. The molecular weight excluding hydrogens is 264 g/mol. The van der Waals surface area contributed by atoms with Crippen LogP contribution in [0.2, 0.25) is 0 Å². The minimum atomic E-state index is 0.0148. The zero-order valence-corrected chi connectivity index (χ0v) is 9.55. The van der Waals surface area contributed by atoms with Crippen molar-refractivity contribution in [3.8, 4) is 11.3 Å². The number of nitrogens with zero attached hydrogens (tertiary/aromatic N) is 2. The lowest BCUT2D eigenvalue weighted by Gasteiger charge is -1.97. The van der Waals surface area contributed by atoms with Gasteiger partial charge in [-0.2, -0.15) is 0 Å². The summed E-state index contributed by atoms with van der Waals surface area (Å²) >= 11 is 4.75. The van der Waals surface area contributed by atoms with Crippen LogP contribution in [0, 0.1) is 0 Å². The van der Waals surface area contributed by atoms with Crippen molar-refractivity contribution >= 4 is 27.3 Å². The van der Waals surface area contributed by atoms with Crippen LogP contribution in [0.4, 0.5) is 0 Å². The molecule has 1 N–H and O–H groups in total. The van der Waals surface area contributed by atoms with E-state index < -0.39 is 0 Å². The van der Waals surface area contributed by atoms with Crippen molar-refractivity contribution < 1.29 is 5.11 Å². The highest BCUT2D eigenvalue weighted by Gasteiger charge is 2.10. The molecule has 0 amide bonds. The van der Waals surface area contributed by atoms with E-state index in [2.05, 4.69) is 25.9 Å². The van der Waals surface area contributed by atoms with Crippen LogP contribution >= 0.6 is 27.3 Å². The van der Waals surface area contributed by atoms with E-state index in [0.717, 1.165) is 20.1 Å². The molecule has 2 heterocycles. The Bertz CT molecular complexity index is 430. The maximum absolute atomic E-state index is 9.13. The van der Waals surface area contributed by atoms with Gasteiger partial charge in [0.05, 0.1) is 17.2 Å². The van der Waals surface area contributed by atoms with E-state index in [-0.39, 0.29) is 6.61 Å². The molecule has 3 nitrogen and oxygen atoms in total. The predicted molar refractivity (Wildman–Crippen MR) is 59.0 cm³/mol. The highest BCUT2D eigenvalue weighted by atomic mass is 79.9. The Labute approximate surface area is 93.6 Å². The van der Waals surface area contributed by atoms with Crippen LogP contribution in [0.1, 0.15) is 4.88 Å². The highest BCUT2D eigenvalue weighted by molar-refractivity contribution is 9.11. The largest absolute Gasteiger partial charge is 0.391 e. The molecule has 0 unspecified atom stereocenters. The summed E-state index contributed by atoms with van der Waals surface area (Å²) in [5, 5.41) is 9.13. The lowest BCUT2D eigenvalue weighted by atomic mass is 10.2. The topological polar surface area (TPSA) is 46.0 Å². The van der Waals surface area contributed by atoms with Gasteiger partial charge in [-0.05, 0) is 28.1 Å². The minimum absolute atomic E-state index is 0.0148. The van der Waals surface area contributed by atoms with Crippen molar-refractivity contribution in [2.45, 2.75) is 6.61 Å². The number of aliphatic hydroxyl groups is 1. The van der Waals surface area contributed by atoms with Crippen molar-refractivity contribution in [2.75, 3.05) is 0 Å². The molecule has 0 saturated heterocycles. The van der Waals surface area contributed by atoms with Gasteiger partial charge in [-0.1, -0.05) is 0 Å². The Balaban J connectivity index is 2.51. The molecule has 2 rings (SSSR count). The van der Waals surface area contributed by atoms with Gasteiger partial charge in [0.15, 0.2) is 3.92 Å². The first kappa shape index (κ1) is 9.76. The zero-order chi connectivity index (χ0) is 9.97. The summed E-state index contributed by atoms with van der Waals surface area (Å²) in [4.78, 5) is 9.10. The van der Waals surface area contributed by atoms with Crippen LogP contribution in [0.3, 0.4) is 0 Å². The number of hydrogen-bond donors (Lipinski definition) is 1. The molecule has 0 aliphatic heterocycles. The normalized spacial score (nSPS) is 10.4. The second-order valence-electron chi connectivity index (χ2n) is 2.63. The number of pyridine rings is 1. The average molecular weight is 271 g/mol. The monoisotopic (exact) mass is 270 g/mol. The van der Waals surface area contributed by atoms with Gasteiger partial charge in [0.2, 0.25) is 0 Å². The summed E-state index contributed by atoms with van der Waals surface area (Å²) in [5.74, 6) is 0. The zero-order valence-electron chi connectivity index (χ0n) is 7.14. The first-order valence-electron chi connectivity index (χ1n) is 3.97. The molecule has 0 bridgehead atoms. The average Bonchev–Trinajstić information content (AvgIpc) is 2.61. The van der Waals surface area contributed by atoms with Crippen molar-refractivity contribution in [3.05, 3.63) is 33.3 Å². The quantitative estimate of drug-likeness (QED) is 0.912. The second kappa shape index (κ2) is 4.16. The maximum atomic E-state index is 9.13. The number of hydrogen-bond acceptors (Lipinski definition) is 4. The van der Waals surface area contributed by atoms with Crippen molar-refractivity contribution in [1.29, 1.82) is 0 Å². The van der Waals surface area contributed by atoms with E-state index in [1.807, 2.05) is 12.1 Å². The van der Waals surface area contributed by atoms with E-state index >= 15 is 0 Å². The summed E-state index contributed by atoms with van der Waals surface area (Å²) < 4.78 is 0.786. The van der Waals surface area contributed by atoms with Crippen LogP contribution < -0.4 is 0 Å². The molecular formula is C9H7BrN2OS. The van der Waals surface area contributed by atoms with Crippen molar-refractivity contribution in [1.82, 2.24) is 9.97 Å². The molecule has 2 aromatic heterocycles. The number of thiazole rings is 1. The number of aromatic nitrogens is 2. The molecule has 0 aliphatic rings. The van der Waals surface area contributed by atoms with E-state index in [9.17, 15) is 0 Å². The molecule has 14 heavy (non-hydrogen) atoms. The third-order valence-corrected chi connectivity index (χ3v) is 3.26. The summed E-state index contributed by atoms with van der Waals surface area (Å²) in [6, 6.07) is 3.75. The first-order valence-corrected chi connectivity index (χ1v) is 5.58. The Morgan fingerprint density at radius 1 is 1.36 bits per heavy atom.